The van der Waals surface area contributed by atoms with E-state index in [-0.39, 0.29) is 11.6 Å². The highest BCUT2D eigenvalue weighted by Crippen LogP contribution is 2.37. The first-order valence-corrected chi connectivity index (χ1v) is 5.77. The molecule has 0 radical (unpaired) electrons. The molecule has 90 valence electrons. The van der Waals surface area contributed by atoms with Crippen molar-refractivity contribution in [3.05, 3.63) is 71.0 Å². The van der Waals surface area contributed by atoms with Crippen LogP contribution in [0.15, 0.2) is 48.5 Å². The van der Waals surface area contributed by atoms with E-state index in [0.717, 1.165) is 0 Å². The van der Waals surface area contributed by atoms with Crippen LogP contribution in [0.5, 0.6) is 0 Å². The van der Waals surface area contributed by atoms with Crippen molar-refractivity contribution in [1.82, 2.24) is 0 Å². The second kappa shape index (κ2) is 4.18. The second-order valence-electron chi connectivity index (χ2n) is 4.24. The van der Waals surface area contributed by atoms with Gasteiger partial charge >= 0.3 is 0 Å². The lowest BCUT2D eigenvalue weighted by molar-refractivity contribution is 0.105. The number of allylic oxidation sites excluding steroid dienone is 2. The summed E-state index contributed by atoms with van der Waals surface area (Å²) in [5.41, 5.74) is 2.45. The third-order valence-electron chi connectivity index (χ3n) is 3.16. The molecule has 0 N–H and O–H groups in total. The Balaban J connectivity index is 2.24. The summed E-state index contributed by atoms with van der Waals surface area (Å²) in [7, 11) is 0. The van der Waals surface area contributed by atoms with Crippen LogP contribution in [0.3, 0.4) is 0 Å². The lowest BCUT2D eigenvalue weighted by Crippen LogP contribution is -1.98. The van der Waals surface area contributed by atoms with Crippen LogP contribution in [0.25, 0.3) is 11.1 Å². The summed E-state index contributed by atoms with van der Waals surface area (Å²) in [5.74, 6) is -0.551. The molecule has 3 rings (SSSR count). The Morgan fingerprint density at radius 2 is 1.58 bits per heavy atom. The fraction of sp³-hybridized carbons (Fsp3) is 0. The van der Waals surface area contributed by atoms with Gasteiger partial charge in [0.05, 0.1) is 5.57 Å². The molecule has 0 unspecified atom stereocenters. The number of halogens is 1. The zero-order chi connectivity index (χ0) is 13.4. The number of carbonyl (C=O) groups excluding carboxylic acids is 1. The smallest absolute Gasteiger partial charge is 0.195 e. The van der Waals surface area contributed by atoms with Crippen molar-refractivity contribution in [2.24, 2.45) is 0 Å². The third kappa shape index (κ3) is 1.66. The highest BCUT2D eigenvalue weighted by molar-refractivity contribution is 6.41. The van der Waals surface area contributed by atoms with Gasteiger partial charge in [-0.1, -0.05) is 36.4 Å². The van der Waals surface area contributed by atoms with Crippen LogP contribution in [0, 0.1) is 17.1 Å². The summed E-state index contributed by atoms with van der Waals surface area (Å²) < 4.78 is 12.9. The Hall–Kier alpha value is -2.73. The molecule has 1 aliphatic rings. The van der Waals surface area contributed by atoms with E-state index in [1.807, 2.05) is 0 Å². The molecule has 0 bridgehead atoms. The van der Waals surface area contributed by atoms with Gasteiger partial charge in [0.15, 0.2) is 5.78 Å². The number of carbonyl (C=O) groups is 1. The van der Waals surface area contributed by atoms with Crippen LogP contribution in [0.2, 0.25) is 0 Å². The molecule has 3 heteroatoms. The fourth-order valence-electron chi connectivity index (χ4n) is 2.29. The number of nitrogens with zero attached hydrogens (tertiary/aromatic N) is 1. The molecule has 19 heavy (non-hydrogen) atoms. The van der Waals surface area contributed by atoms with Gasteiger partial charge in [-0.25, -0.2) is 4.39 Å². The molecule has 0 amide bonds. The van der Waals surface area contributed by atoms with Crippen molar-refractivity contribution < 1.29 is 9.18 Å². The standard InChI is InChI=1S/C16H8FNO/c17-11-7-5-10(6-8-11)15-14(9-18)12-3-1-2-4-13(12)16(15)19/h1-8H. The topological polar surface area (TPSA) is 40.9 Å². The van der Waals surface area contributed by atoms with Crippen molar-refractivity contribution in [2.45, 2.75) is 0 Å². The molecule has 0 spiro atoms. The van der Waals surface area contributed by atoms with Gasteiger partial charge in [0.1, 0.15) is 11.9 Å². The molecular weight excluding hydrogens is 241 g/mol. The SMILES string of the molecule is N#CC1=C(c2ccc(F)cc2)C(=O)c2ccccc21. The number of hydrogen-bond acceptors (Lipinski definition) is 2. The Morgan fingerprint density at radius 3 is 2.21 bits per heavy atom. The van der Waals surface area contributed by atoms with Crippen molar-refractivity contribution >= 4 is 16.9 Å². The minimum absolute atomic E-state index is 0.182. The molecular formula is C16H8FNO. The molecule has 2 aromatic rings. The monoisotopic (exact) mass is 249 g/mol. The number of ketones is 1. The van der Waals surface area contributed by atoms with Crippen LogP contribution in [-0.4, -0.2) is 5.78 Å². The fourth-order valence-corrected chi connectivity index (χ4v) is 2.29. The molecule has 0 saturated heterocycles. The van der Waals surface area contributed by atoms with Crippen LogP contribution < -0.4 is 0 Å². The summed E-state index contributed by atoms with van der Waals surface area (Å²) in [6.45, 7) is 0. The normalized spacial score (nSPS) is 13.4. The van der Waals surface area contributed by atoms with E-state index in [4.69, 9.17) is 0 Å². The Kier molecular flexibility index (Phi) is 2.50. The van der Waals surface area contributed by atoms with Gasteiger partial charge in [0.2, 0.25) is 0 Å². The first-order chi connectivity index (χ1) is 9.22. The van der Waals surface area contributed by atoms with Crippen molar-refractivity contribution in [2.75, 3.05) is 0 Å². The number of benzene rings is 2. The van der Waals surface area contributed by atoms with Gasteiger partial charge in [-0.15, -0.1) is 0 Å². The number of fused-ring (bicyclic) bond motifs is 1. The van der Waals surface area contributed by atoms with E-state index in [2.05, 4.69) is 6.07 Å². The second-order valence-corrected chi connectivity index (χ2v) is 4.24. The van der Waals surface area contributed by atoms with E-state index in [9.17, 15) is 14.4 Å². The first-order valence-electron chi connectivity index (χ1n) is 5.77. The maximum absolute atomic E-state index is 12.9. The minimum Gasteiger partial charge on any atom is -0.289 e. The average Bonchev–Trinajstić information content (AvgIpc) is 2.73. The molecule has 2 nitrogen and oxygen atoms in total. The van der Waals surface area contributed by atoms with E-state index in [0.29, 0.717) is 27.8 Å². The van der Waals surface area contributed by atoms with Gasteiger partial charge in [0.25, 0.3) is 0 Å². The van der Waals surface area contributed by atoms with Crippen LogP contribution in [-0.2, 0) is 0 Å². The van der Waals surface area contributed by atoms with E-state index < -0.39 is 0 Å². The molecule has 0 fully saturated rings. The molecule has 2 aromatic carbocycles. The van der Waals surface area contributed by atoms with E-state index in [1.54, 1.807) is 24.3 Å². The number of rotatable bonds is 1. The minimum atomic E-state index is -0.370. The van der Waals surface area contributed by atoms with Gasteiger partial charge < -0.3 is 0 Å². The van der Waals surface area contributed by atoms with Gasteiger partial charge in [-0.05, 0) is 17.7 Å². The zero-order valence-corrected chi connectivity index (χ0v) is 9.85. The summed E-state index contributed by atoms with van der Waals surface area (Å²) in [5, 5.41) is 9.28. The van der Waals surface area contributed by atoms with Crippen molar-refractivity contribution in [1.29, 1.82) is 5.26 Å². The predicted octanol–water partition coefficient (Wildman–Crippen LogP) is 3.46. The largest absolute Gasteiger partial charge is 0.289 e. The Morgan fingerprint density at radius 1 is 0.947 bits per heavy atom. The van der Waals surface area contributed by atoms with Crippen LogP contribution in [0.4, 0.5) is 4.39 Å². The number of nitriles is 1. The summed E-state index contributed by atoms with van der Waals surface area (Å²) in [6, 6.07) is 14.7. The summed E-state index contributed by atoms with van der Waals surface area (Å²) >= 11 is 0. The van der Waals surface area contributed by atoms with Crippen LogP contribution in [0.1, 0.15) is 21.5 Å². The molecule has 1 aliphatic carbocycles. The van der Waals surface area contributed by atoms with Crippen LogP contribution >= 0.6 is 0 Å². The third-order valence-corrected chi connectivity index (χ3v) is 3.16. The maximum Gasteiger partial charge on any atom is 0.195 e. The highest BCUT2D eigenvalue weighted by Gasteiger charge is 2.30. The van der Waals surface area contributed by atoms with Gasteiger partial charge in [0, 0.05) is 16.7 Å². The average molecular weight is 249 g/mol. The summed E-state index contributed by atoms with van der Waals surface area (Å²) in [6.07, 6.45) is 0. The molecule has 0 heterocycles. The predicted molar refractivity (Wildman–Crippen MR) is 69.6 cm³/mol. The van der Waals surface area contributed by atoms with Crippen molar-refractivity contribution in [3.8, 4) is 6.07 Å². The molecule has 0 aromatic heterocycles. The molecule has 0 atom stereocenters. The quantitative estimate of drug-likeness (QED) is 0.776. The zero-order valence-electron chi connectivity index (χ0n) is 9.85. The lowest BCUT2D eigenvalue weighted by Gasteiger charge is -2.01. The van der Waals surface area contributed by atoms with E-state index >= 15 is 0 Å². The Labute approximate surface area is 109 Å². The van der Waals surface area contributed by atoms with E-state index in [1.165, 1.54) is 24.3 Å². The molecule has 0 saturated carbocycles. The number of hydrogen-bond donors (Lipinski definition) is 0. The molecule has 0 aliphatic heterocycles. The summed E-state index contributed by atoms with van der Waals surface area (Å²) in [4.78, 5) is 12.3. The van der Waals surface area contributed by atoms with Gasteiger partial charge in [-0.3, -0.25) is 4.79 Å². The van der Waals surface area contributed by atoms with Gasteiger partial charge in [-0.2, -0.15) is 5.26 Å². The Bertz CT molecular complexity index is 751. The first kappa shape index (κ1) is 11.4. The number of Topliss-reactive ketones (excluding diaryl/α,β-unsaturated/α-hetero) is 1. The lowest BCUT2D eigenvalue weighted by atomic mass is 10.0. The van der Waals surface area contributed by atoms with Crippen molar-refractivity contribution in [3.63, 3.8) is 0 Å². The maximum atomic E-state index is 12.9. The highest BCUT2D eigenvalue weighted by atomic mass is 19.1.